The number of carbonyl (C=O) groups is 2. The highest BCUT2D eigenvalue weighted by Crippen LogP contribution is 2.20. The van der Waals surface area contributed by atoms with Crippen LogP contribution in [0.2, 0.25) is 10.0 Å². The zero-order valence-corrected chi connectivity index (χ0v) is 14.4. The van der Waals surface area contributed by atoms with Crippen LogP contribution < -0.4 is 5.32 Å². The average Bonchev–Trinajstić information content (AvgIpc) is 2.52. The molecule has 0 saturated carbocycles. The lowest BCUT2D eigenvalue weighted by Crippen LogP contribution is -2.12. The fraction of sp³-hybridized carbons (Fsp3) is 0.176. The van der Waals surface area contributed by atoms with E-state index in [4.69, 9.17) is 43.0 Å². The molecule has 7 heteroatoms. The van der Waals surface area contributed by atoms with Gasteiger partial charge in [-0.15, -0.1) is 0 Å². The Kier molecular flexibility index (Phi) is 8.26. The maximum absolute atomic E-state index is 9.10. The van der Waals surface area contributed by atoms with Gasteiger partial charge in [-0.05, 0) is 30.2 Å². The second-order valence-electron chi connectivity index (χ2n) is 4.94. The van der Waals surface area contributed by atoms with Crippen LogP contribution in [0.25, 0.3) is 0 Å². The van der Waals surface area contributed by atoms with Crippen LogP contribution in [0.15, 0.2) is 42.5 Å². The SMILES string of the molecule is Cc1ccc(CNCc2ccc(Cl)cc2Cl)cc1.O=C(O)C(=O)O. The number of nitrogens with one attached hydrogen (secondary N) is 1. The number of halogens is 2. The molecule has 0 aliphatic heterocycles. The zero-order valence-electron chi connectivity index (χ0n) is 12.9. The Morgan fingerprint density at radius 3 is 2.04 bits per heavy atom. The summed E-state index contributed by atoms with van der Waals surface area (Å²) < 4.78 is 0. The minimum Gasteiger partial charge on any atom is -0.473 e. The van der Waals surface area contributed by atoms with Crippen LogP contribution in [0, 0.1) is 6.92 Å². The smallest absolute Gasteiger partial charge is 0.414 e. The van der Waals surface area contributed by atoms with Crippen LogP contribution in [0.3, 0.4) is 0 Å². The van der Waals surface area contributed by atoms with E-state index in [0.717, 1.165) is 18.7 Å². The Labute approximate surface area is 149 Å². The third-order valence-corrected chi connectivity index (χ3v) is 3.55. The van der Waals surface area contributed by atoms with Gasteiger partial charge < -0.3 is 15.5 Å². The van der Waals surface area contributed by atoms with E-state index < -0.39 is 11.9 Å². The average molecular weight is 370 g/mol. The van der Waals surface area contributed by atoms with Gasteiger partial charge in [-0.2, -0.15) is 0 Å². The molecule has 128 valence electrons. The third kappa shape index (κ3) is 7.46. The molecule has 5 nitrogen and oxygen atoms in total. The molecule has 2 aromatic carbocycles. The van der Waals surface area contributed by atoms with Gasteiger partial charge in [-0.25, -0.2) is 9.59 Å². The van der Waals surface area contributed by atoms with Gasteiger partial charge in [0.1, 0.15) is 0 Å². The van der Waals surface area contributed by atoms with E-state index in [1.54, 1.807) is 6.07 Å². The van der Waals surface area contributed by atoms with Gasteiger partial charge in [0, 0.05) is 23.1 Å². The second kappa shape index (κ2) is 9.93. The Morgan fingerprint density at radius 2 is 1.54 bits per heavy atom. The summed E-state index contributed by atoms with van der Waals surface area (Å²) >= 11 is 12.0. The number of aliphatic carboxylic acids is 2. The lowest BCUT2D eigenvalue weighted by molar-refractivity contribution is -0.159. The van der Waals surface area contributed by atoms with Crippen molar-refractivity contribution in [3.63, 3.8) is 0 Å². The molecule has 0 atom stereocenters. The van der Waals surface area contributed by atoms with Gasteiger partial charge >= 0.3 is 11.9 Å². The summed E-state index contributed by atoms with van der Waals surface area (Å²) in [5.74, 6) is -3.65. The number of hydrogen-bond donors (Lipinski definition) is 3. The van der Waals surface area contributed by atoms with Gasteiger partial charge in [0.25, 0.3) is 0 Å². The van der Waals surface area contributed by atoms with Gasteiger partial charge in [0.05, 0.1) is 0 Å². The summed E-state index contributed by atoms with van der Waals surface area (Å²) in [5, 5.41) is 19.5. The highest BCUT2D eigenvalue weighted by Gasteiger charge is 2.04. The van der Waals surface area contributed by atoms with E-state index in [-0.39, 0.29) is 0 Å². The maximum Gasteiger partial charge on any atom is 0.414 e. The van der Waals surface area contributed by atoms with Crippen LogP contribution in [-0.2, 0) is 22.7 Å². The summed E-state index contributed by atoms with van der Waals surface area (Å²) in [7, 11) is 0. The van der Waals surface area contributed by atoms with Crippen molar-refractivity contribution in [3.05, 3.63) is 69.2 Å². The largest absolute Gasteiger partial charge is 0.473 e. The monoisotopic (exact) mass is 369 g/mol. The predicted octanol–water partition coefficient (Wildman–Crippen LogP) is 3.75. The molecule has 0 bridgehead atoms. The number of carboxylic acid groups (broad SMARTS) is 2. The molecule has 0 amide bonds. The van der Waals surface area contributed by atoms with E-state index >= 15 is 0 Å². The molecule has 3 N–H and O–H groups in total. The Morgan fingerprint density at radius 1 is 0.958 bits per heavy atom. The molecular weight excluding hydrogens is 353 g/mol. The number of carboxylic acids is 2. The van der Waals surface area contributed by atoms with Crippen LogP contribution >= 0.6 is 23.2 Å². The first kappa shape index (κ1) is 20.0. The first-order valence-corrected chi connectivity index (χ1v) is 7.71. The molecular formula is C17H17Cl2NO4. The molecule has 0 heterocycles. The van der Waals surface area contributed by atoms with Gasteiger partial charge in [-0.1, -0.05) is 59.1 Å². The molecule has 2 aromatic rings. The molecule has 0 aromatic heterocycles. The van der Waals surface area contributed by atoms with E-state index in [1.807, 2.05) is 12.1 Å². The Balaban J connectivity index is 0.000000413. The first-order chi connectivity index (χ1) is 11.3. The summed E-state index contributed by atoms with van der Waals surface area (Å²) in [4.78, 5) is 18.2. The molecule has 2 rings (SSSR count). The second-order valence-corrected chi connectivity index (χ2v) is 5.78. The van der Waals surface area contributed by atoms with Crippen molar-refractivity contribution >= 4 is 35.1 Å². The topological polar surface area (TPSA) is 86.6 Å². The molecule has 0 radical (unpaired) electrons. The fourth-order valence-corrected chi connectivity index (χ4v) is 2.19. The van der Waals surface area contributed by atoms with Crippen molar-refractivity contribution in [2.24, 2.45) is 0 Å². The summed E-state index contributed by atoms with van der Waals surface area (Å²) in [6.07, 6.45) is 0. The van der Waals surface area contributed by atoms with Crippen molar-refractivity contribution in [2.75, 3.05) is 0 Å². The zero-order chi connectivity index (χ0) is 18.1. The van der Waals surface area contributed by atoms with Crippen molar-refractivity contribution in [3.8, 4) is 0 Å². The van der Waals surface area contributed by atoms with Crippen molar-refractivity contribution in [1.29, 1.82) is 0 Å². The van der Waals surface area contributed by atoms with Crippen LogP contribution in [0.4, 0.5) is 0 Å². The summed E-state index contributed by atoms with van der Waals surface area (Å²) in [6, 6.07) is 14.1. The first-order valence-electron chi connectivity index (χ1n) is 6.96. The number of rotatable bonds is 4. The predicted molar refractivity (Wildman–Crippen MR) is 93.5 cm³/mol. The molecule has 0 saturated heterocycles. The van der Waals surface area contributed by atoms with Crippen LogP contribution in [0.5, 0.6) is 0 Å². The van der Waals surface area contributed by atoms with E-state index in [9.17, 15) is 0 Å². The molecule has 0 unspecified atom stereocenters. The number of benzene rings is 2. The van der Waals surface area contributed by atoms with E-state index in [0.29, 0.717) is 10.0 Å². The van der Waals surface area contributed by atoms with Gasteiger partial charge in [-0.3, -0.25) is 0 Å². The molecule has 0 aliphatic carbocycles. The van der Waals surface area contributed by atoms with Crippen molar-refractivity contribution < 1.29 is 19.8 Å². The van der Waals surface area contributed by atoms with Gasteiger partial charge in [0.15, 0.2) is 0 Å². The lowest BCUT2D eigenvalue weighted by Gasteiger charge is -2.07. The minimum absolute atomic E-state index is 0.669. The number of aryl methyl sites for hydroxylation is 1. The highest BCUT2D eigenvalue weighted by molar-refractivity contribution is 6.35. The lowest BCUT2D eigenvalue weighted by atomic mass is 10.1. The summed E-state index contributed by atoms with van der Waals surface area (Å²) in [5.41, 5.74) is 3.61. The molecule has 0 spiro atoms. The highest BCUT2D eigenvalue weighted by atomic mass is 35.5. The van der Waals surface area contributed by atoms with Gasteiger partial charge in [0.2, 0.25) is 0 Å². The fourth-order valence-electron chi connectivity index (χ4n) is 1.71. The minimum atomic E-state index is -1.82. The Hall–Kier alpha value is -2.08. The van der Waals surface area contributed by atoms with Crippen molar-refractivity contribution in [1.82, 2.24) is 5.32 Å². The quantitative estimate of drug-likeness (QED) is 0.714. The van der Waals surface area contributed by atoms with Crippen LogP contribution in [-0.4, -0.2) is 22.2 Å². The molecule has 24 heavy (non-hydrogen) atoms. The maximum atomic E-state index is 9.10. The van der Waals surface area contributed by atoms with Crippen molar-refractivity contribution in [2.45, 2.75) is 20.0 Å². The standard InChI is InChI=1S/C15H15Cl2N.C2H2O4/c1-11-2-4-12(5-3-11)9-18-10-13-6-7-14(16)8-15(13)17;3-1(4)2(5)6/h2-8,18H,9-10H2,1H3;(H,3,4)(H,5,6). The third-order valence-electron chi connectivity index (χ3n) is 2.96. The van der Waals surface area contributed by atoms with Crippen LogP contribution in [0.1, 0.15) is 16.7 Å². The van der Waals surface area contributed by atoms with E-state index in [2.05, 4.69) is 36.5 Å². The molecule has 0 aliphatic rings. The summed E-state index contributed by atoms with van der Waals surface area (Å²) in [6.45, 7) is 3.66. The Bertz CT molecular complexity index is 690. The number of hydrogen-bond acceptors (Lipinski definition) is 3. The normalized spacial score (nSPS) is 9.79. The van der Waals surface area contributed by atoms with E-state index in [1.165, 1.54) is 11.1 Å². The molecule has 0 fully saturated rings.